The van der Waals surface area contributed by atoms with Gasteiger partial charge in [-0.25, -0.2) is 8.42 Å². The van der Waals surface area contributed by atoms with Crippen molar-refractivity contribution in [3.63, 3.8) is 0 Å². The molecule has 9 heteroatoms. The number of carbonyl (C=O) groups excluding carboxylic acids is 1. The molecule has 1 aromatic heterocycles. The van der Waals surface area contributed by atoms with Gasteiger partial charge >= 0.3 is 0 Å². The van der Waals surface area contributed by atoms with Crippen molar-refractivity contribution in [3.8, 4) is 0 Å². The Kier molecular flexibility index (Phi) is 8.37. The SMILES string of the molecule is CNCCN(C)C(=O)Cc1ccc(NS(=O)(=O)c2cccs2)cc1.Cl. The van der Waals surface area contributed by atoms with Gasteiger partial charge in [0, 0.05) is 25.8 Å². The quantitative estimate of drug-likeness (QED) is 0.708. The van der Waals surface area contributed by atoms with E-state index in [0.717, 1.165) is 23.4 Å². The summed E-state index contributed by atoms with van der Waals surface area (Å²) in [4.78, 5) is 13.7. The van der Waals surface area contributed by atoms with E-state index < -0.39 is 10.0 Å². The van der Waals surface area contributed by atoms with Crippen molar-refractivity contribution in [2.75, 3.05) is 31.9 Å². The fraction of sp³-hybridized carbons (Fsp3) is 0.312. The summed E-state index contributed by atoms with van der Waals surface area (Å²) in [6.07, 6.45) is 0.290. The number of sulfonamides is 1. The highest BCUT2D eigenvalue weighted by atomic mass is 35.5. The molecule has 0 saturated heterocycles. The summed E-state index contributed by atoms with van der Waals surface area (Å²) < 4.78 is 27.1. The minimum absolute atomic E-state index is 0. The molecule has 0 fully saturated rings. The number of hydrogen-bond donors (Lipinski definition) is 2. The van der Waals surface area contributed by atoms with E-state index in [4.69, 9.17) is 0 Å². The van der Waals surface area contributed by atoms with Gasteiger partial charge in [0.2, 0.25) is 5.91 Å². The first-order chi connectivity index (χ1) is 11.4. The Bertz CT molecular complexity index is 762. The molecule has 25 heavy (non-hydrogen) atoms. The fourth-order valence-corrected chi connectivity index (χ4v) is 4.08. The first kappa shape index (κ1) is 21.4. The molecule has 0 spiro atoms. The van der Waals surface area contributed by atoms with E-state index in [1.54, 1.807) is 53.7 Å². The molecule has 0 aliphatic rings. The largest absolute Gasteiger partial charge is 0.344 e. The number of thiophene rings is 1. The summed E-state index contributed by atoms with van der Waals surface area (Å²) in [5.74, 6) is 0.0252. The molecule has 0 aliphatic heterocycles. The zero-order valence-corrected chi connectivity index (χ0v) is 16.5. The highest BCUT2D eigenvalue weighted by Crippen LogP contribution is 2.20. The van der Waals surface area contributed by atoms with Crippen LogP contribution in [0.2, 0.25) is 0 Å². The van der Waals surface area contributed by atoms with Crippen molar-refractivity contribution in [3.05, 3.63) is 47.3 Å². The highest BCUT2D eigenvalue weighted by Gasteiger charge is 2.15. The molecule has 2 N–H and O–H groups in total. The van der Waals surface area contributed by atoms with Crippen molar-refractivity contribution < 1.29 is 13.2 Å². The van der Waals surface area contributed by atoms with Crippen LogP contribution in [-0.4, -0.2) is 46.4 Å². The third-order valence-corrected chi connectivity index (χ3v) is 6.22. The normalized spacial score (nSPS) is 10.8. The third kappa shape index (κ3) is 6.32. The maximum atomic E-state index is 12.1. The van der Waals surface area contributed by atoms with Crippen LogP contribution in [0.5, 0.6) is 0 Å². The van der Waals surface area contributed by atoms with Gasteiger partial charge < -0.3 is 10.2 Å². The molecule has 0 radical (unpaired) electrons. The van der Waals surface area contributed by atoms with Crippen LogP contribution < -0.4 is 10.0 Å². The van der Waals surface area contributed by atoms with Crippen molar-refractivity contribution in [2.24, 2.45) is 0 Å². The molecule has 2 rings (SSSR count). The van der Waals surface area contributed by atoms with Gasteiger partial charge in [-0.15, -0.1) is 23.7 Å². The smallest absolute Gasteiger partial charge is 0.271 e. The number of benzene rings is 1. The fourth-order valence-electron chi connectivity index (χ4n) is 2.03. The lowest BCUT2D eigenvalue weighted by atomic mass is 10.1. The molecule has 1 amide bonds. The molecule has 2 aromatic rings. The highest BCUT2D eigenvalue weighted by molar-refractivity contribution is 7.94. The second kappa shape index (κ2) is 9.76. The van der Waals surface area contributed by atoms with Gasteiger partial charge in [-0.1, -0.05) is 18.2 Å². The van der Waals surface area contributed by atoms with E-state index >= 15 is 0 Å². The summed E-state index contributed by atoms with van der Waals surface area (Å²) in [7, 11) is 0.0654. The Hall–Kier alpha value is -1.61. The molecule has 1 aromatic carbocycles. The molecular weight excluding hydrogens is 382 g/mol. The molecule has 0 bridgehead atoms. The van der Waals surface area contributed by atoms with Gasteiger partial charge in [0.25, 0.3) is 10.0 Å². The summed E-state index contributed by atoms with van der Waals surface area (Å²) in [5.41, 5.74) is 1.32. The maximum absolute atomic E-state index is 12.1. The van der Waals surface area contributed by atoms with Crippen molar-refractivity contribution >= 4 is 45.4 Å². The topological polar surface area (TPSA) is 78.5 Å². The molecule has 0 aliphatic carbocycles. The van der Waals surface area contributed by atoms with Crippen LogP contribution in [0.1, 0.15) is 5.56 Å². The van der Waals surface area contributed by atoms with Crippen molar-refractivity contribution in [1.82, 2.24) is 10.2 Å². The summed E-state index contributed by atoms with van der Waals surface area (Å²) in [5, 5.41) is 4.72. The number of halogens is 1. The monoisotopic (exact) mass is 403 g/mol. The van der Waals surface area contributed by atoms with Crippen LogP contribution in [0, 0.1) is 0 Å². The Morgan fingerprint density at radius 2 is 1.88 bits per heavy atom. The molecular formula is C16H22ClN3O3S2. The van der Waals surface area contributed by atoms with Gasteiger partial charge in [-0.05, 0) is 36.2 Å². The lowest BCUT2D eigenvalue weighted by Gasteiger charge is -2.17. The molecule has 6 nitrogen and oxygen atoms in total. The zero-order chi connectivity index (χ0) is 17.6. The number of carbonyl (C=O) groups is 1. The molecule has 138 valence electrons. The van der Waals surface area contributed by atoms with Gasteiger partial charge in [0.15, 0.2) is 0 Å². The predicted molar refractivity (Wildman–Crippen MR) is 104 cm³/mol. The number of hydrogen-bond acceptors (Lipinski definition) is 5. The number of rotatable bonds is 8. The first-order valence-corrected chi connectivity index (χ1v) is 9.82. The van der Waals surface area contributed by atoms with Crippen LogP contribution in [0.15, 0.2) is 46.0 Å². The molecule has 1 heterocycles. The summed E-state index contributed by atoms with van der Waals surface area (Å²) in [6.45, 7) is 1.39. The van der Waals surface area contributed by atoms with Gasteiger partial charge in [-0.2, -0.15) is 0 Å². The van der Waals surface area contributed by atoms with Gasteiger partial charge in [-0.3, -0.25) is 9.52 Å². The first-order valence-electron chi connectivity index (χ1n) is 7.46. The van der Waals surface area contributed by atoms with Gasteiger partial charge in [0.1, 0.15) is 4.21 Å². The molecule has 0 unspecified atom stereocenters. The van der Waals surface area contributed by atoms with Crippen molar-refractivity contribution in [2.45, 2.75) is 10.6 Å². The second-order valence-electron chi connectivity index (χ2n) is 5.33. The average Bonchev–Trinajstić information content (AvgIpc) is 3.09. The number of nitrogens with zero attached hydrogens (tertiary/aromatic N) is 1. The third-order valence-electron chi connectivity index (χ3n) is 3.44. The van der Waals surface area contributed by atoms with Crippen LogP contribution >= 0.6 is 23.7 Å². The van der Waals surface area contributed by atoms with Crippen LogP contribution in [0.3, 0.4) is 0 Å². The van der Waals surface area contributed by atoms with Crippen LogP contribution in [0.25, 0.3) is 0 Å². The maximum Gasteiger partial charge on any atom is 0.271 e. The van der Waals surface area contributed by atoms with E-state index in [2.05, 4.69) is 10.0 Å². The summed E-state index contributed by atoms with van der Waals surface area (Å²) >= 11 is 1.16. The average molecular weight is 404 g/mol. The minimum atomic E-state index is -3.54. The minimum Gasteiger partial charge on any atom is -0.344 e. The Balaban J connectivity index is 0.00000312. The zero-order valence-electron chi connectivity index (χ0n) is 14.1. The number of likely N-dealkylation sites (N-methyl/N-ethyl adjacent to an activating group) is 2. The van der Waals surface area contributed by atoms with Crippen LogP contribution in [0.4, 0.5) is 5.69 Å². The summed E-state index contributed by atoms with van der Waals surface area (Å²) in [6, 6.07) is 10.1. The van der Waals surface area contributed by atoms with Crippen LogP contribution in [-0.2, 0) is 21.2 Å². The second-order valence-corrected chi connectivity index (χ2v) is 8.19. The van der Waals surface area contributed by atoms with Crippen molar-refractivity contribution in [1.29, 1.82) is 0 Å². The Labute approximate surface area is 158 Å². The molecule has 0 atom stereocenters. The van der Waals surface area contributed by atoms with E-state index in [9.17, 15) is 13.2 Å². The predicted octanol–water partition coefficient (Wildman–Crippen LogP) is 2.19. The van der Waals surface area contributed by atoms with E-state index in [1.807, 2.05) is 7.05 Å². The molecule has 0 saturated carbocycles. The number of nitrogens with one attached hydrogen (secondary N) is 2. The van der Waals surface area contributed by atoms with E-state index in [-0.39, 0.29) is 28.9 Å². The standard InChI is InChI=1S/C16H21N3O3S2.ClH/c1-17-9-10-19(2)15(20)12-13-5-7-14(8-6-13)18-24(21,22)16-4-3-11-23-16;/h3-8,11,17-18H,9-10,12H2,1-2H3;1H. The Morgan fingerprint density at radius 1 is 1.20 bits per heavy atom. The lowest BCUT2D eigenvalue weighted by Crippen LogP contribution is -2.33. The Morgan fingerprint density at radius 3 is 2.44 bits per heavy atom. The van der Waals surface area contributed by atoms with E-state index in [0.29, 0.717) is 12.2 Å². The van der Waals surface area contributed by atoms with Gasteiger partial charge in [0.05, 0.1) is 6.42 Å². The number of anilines is 1. The number of amides is 1. The van der Waals surface area contributed by atoms with E-state index in [1.165, 1.54) is 0 Å². The lowest BCUT2D eigenvalue weighted by molar-refractivity contribution is -0.129.